The van der Waals surface area contributed by atoms with Gasteiger partial charge in [0.15, 0.2) is 0 Å². The normalized spacial score (nSPS) is 25.3. The molecule has 0 aromatic heterocycles. The first-order valence-electron chi connectivity index (χ1n) is 7.16. The summed E-state index contributed by atoms with van der Waals surface area (Å²) in [6, 6.07) is 6.46. The Morgan fingerprint density at radius 1 is 1.33 bits per heavy atom. The monoisotopic (exact) mass is 245 g/mol. The number of nitrogens with one attached hydrogen (secondary N) is 1. The molecule has 0 saturated heterocycles. The highest BCUT2D eigenvalue weighted by Gasteiger charge is 2.32. The van der Waals surface area contributed by atoms with Gasteiger partial charge in [0, 0.05) is 6.54 Å². The van der Waals surface area contributed by atoms with Crippen molar-refractivity contribution in [3.63, 3.8) is 0 Å². The van der Waals surface area contributed by atoms with Crippen LogP contribution in [0.5, 0.6) is 5.75 Å². The lowest BCUT2D eigenvalue weighted by Gasteiger charge is -2.24. The number of benzene rings is 1. The van der Waals surface area contributed by atoms with Gasteiger partial charge in [-0.3, -0.25) is 0 Å². The molecule has 1 unspecified atom stereocenters. The first-order valence-corrected chi connectivity index (χ1v) is 7.16. The van der Waals surface area contributed by atoms with E-state index in [0.29, 0.717) is 11.5 Å². The molecule has 1 atom stereocenters. The van der Waals surface area contributed by atoms with E-state index in [1.54, 1.807) is 0 Å². The van der Waals surface area contributed by atoms with Gasteiger partial charge in [-0.15, -0.1) is 0 Å². The summed E-state index contributed by atoms with van der Waals surface area (Å²) >= 11 is 0. The summed E-state index contributed by atoms with van der Waals surface area (Å²) in [6.45, 7) is 5.76. The number of rotatable bonds is 2. The predicted molar refractivity (Wildman–Crippen MR) is 75.3 cm³/mol. The molecule has 1 fully saturated rings. The molecule has 2 nitrogen and oxygen atoms in total. The molecule has 1 N–H and O–H groups in total. The van der Waals surface area contributed by atoms with Gasteiger partial charge in [-0.1, -0.05) is 26.0 Å². The van der Waals surface area contributed by atoms with E-state index in [1.807, 2.05) is 0 Å². The SMILES string of the molecule is CC1(C)CCC(Oc2cccc3c2NCCC3)C1. The van der Waals surface area contributed by atoms with Gasteiger partial charge in [0.25, 0.3) is 0 Å². The summed E-state index contributed by atoms with van der Waals surface area (Å²) in [4.78, 5) is 0. The van der Waals surface area contributed by atoms with Gasteiger partial charge in [0.05, 0.1) is 11.8 Å². The van der Waals surface area contributed by atoms with E-state index in [0.717, 1.165) is 12.3 Å². The first-order chi connectivity index (χ1) is 8.64. The molecule has 0 bridgehead atoms. The Bertz CT molecular complexity index is 439. The van der Waals surface area contributed by atoms with Crippen LogP contribution >= 0.6 is 0 Å². The van der Waals surface area contributed by atoms with Crippen LogP contribution in [-0.2, 0) is 6.42 Å². The molecule has 1 heterocycles. The highest BCUT2D eigenvalue weighted by molar-refractivity contribution is 5.63. The minimum absolute atomic E-state index is 0.398. The highest BCUT2D eigenvalue weighted by Crippen LogP contribution is 2.41. The molecule has 3 rings (SSSR count). The third-order valence-corrected chi connectivity index (χ3v) is 4.25. The predicted octanol–water partition coefficient (Wildman–Crippen LogP) is 4.00. The number of anilines is 1. The van der Waals surface area contributed by atoms with E-state index in [9.17, 15) is 0 Å². The summed E-state index contributed by atoms with van der Waals surface area (Å²) in [5.74, 6) is 1.06. The van der Waals surface area contributed by atoms with Crippen molar-refractivity contribution in [1.82, 2.24) is 0 Å². The van der Waals surface area contributed by atoms with Gasteiger partial charge in [-0.2, -0.15) is 0 Å². The average Bonchev–Trinajstić information content (AvgIpc) is 2.69. The standard InChI is InChI=1S/C16H23NO/c1-16(2)9-8-13(11-16)18-14-7-3-5-12-6-4-10-17-15(12)14/h3,5,7,13,17H,4,6,8-11H2,1-2H3. The molecule has 0 amide bonds. The van der Waals surface area contributed by atoms with Crippen molar-refractivity contribution in [2.24, 2.45) is 5.41 Å². The molecular weight excluding hydrogens is 222 g/mol. The Kier molecular flexibility index (Phi) is 2.96. The highest BCUT2D eigenvalue weighted by atomic mass is 16.5. The summed E-state index contributed by atoms with van der Waals surface area (Å²) in [5, 5.41) is 3.50. The van der Waals surface area contributed by atoms with Crippen molar-refractivity contribution in [2.45, 2.75) is 52.1 Å². The zero-order chi connectivity index (χ0) is 12.6. The van der Waals surface area contributed by atoms with Crippen LogP contribution in [0.1, 0.15) is 45.1 Å². The van der Waals surface area contributed by atoms with E-state index in [4.69, 9.17) is 4.74 Å². The molecule has 2 aliphatic rings. The first kappa shape index (κ1) is 11.9. The third kappa shape index (κ3) is 2.33. The molecule has 1 aliphatic carbocycles. The second-order valence-electron chi connectivity index (χ2n) is 6.47. The second-order valence-corrected chi connectivity index (χ2v) is 6.47. The van der Waals surface area contributed by atoms with Crippen LogP contribution in [0.2, 0.25) is 0 Å². The number of ether oxygens (including phenoxy) is 1. The number of hydrogen-bond donors (Lipinski definition) is 1. The zero-order valence-corrected chi connectivity index (χ0v) is 11.5. The molecule has 2 heteroatoms. The van der Waals surface area contributed by atoms with Gasteiger partial charge in [0.1, 0.15) is 5.75 Å². The minimum atomic E-state index is 0.398. The fraction of sp³-hybridized carbons (Fsp3) is 0.625. The quantitative estimate of drug-likeness (QED) is 0.850. The lowest BCUT2D eigenvalue weighted by Crippen LogP contribution is -2.18. The maximum Gasteiger partial charge on any atom is 0.143 e. The molecule has 1 aromatic rings. The van der Waals surface area contributed by atoms with Crippen molar-refractivity contribution < 1.29 is 4.74 Å². The second kappa shape index (κ2) is 4.49. The molecule has 18 heavy (non-hydrogen) atoms. The van der Waals surface area contributed by atoms with Gasteiger partial charge < -0.3 is 10.1 Å². The largest absolute Gasteiger partial charge is 0.488 e. The van der Waals surface area contributed by atoms with Crippen LogP contribution in [0.15, 0.2) is 18.2 Å². The van der Waals surface area contributed by atoms with Crippen molar-refractivity contribution >= 4 is 5.69 Å². The Labute approximate surface area is 110 Å². The van der Waals surface area contributed by atoms with Crippen LogP contribution < -0.4 is 10.1 Å². The number of aryl methyl sites for hydroxylation is 1. The Morgan fingerprint density at radius 3 is 3.00 bits per heavy atom. The van der Waals surface area contributed by atoms with E-state index < -0.39 is 0 Å². The molecule has 1 aromatic carbocycles. The van der Waals surface area contributed by atoms with Crippen molar-refractivity contribution in [1.29, 1.82) is 0 Å². The van der Waals surface area contributed by atoms with Crippen LogP contribution in [-0.4, -0.2) is 12.6 Å². The average molecular weight is 245 g/mol. The zero-order valence-electron chi connectivity index (χ0n) is 11.5. The summed E-state index contributed by atoms with van der Waals surface area (Å²) < 4.78 is 6.25. The van der Waals surface area contributed by atoms with E-state index >= 15 is 0 Å². The number of fused-ring (bicyclic) bond motifs is 1. The van der Waals surface area contributed by atoms with E-state index in [1.165, 1.54) is 43.4 Å². The maximum atomic E-state index is 6.25. The van der Waals surface area contributed by atoms with Crippen molar-refractivity contribution in [3.05, 3.63) is 23.8 Å². The van der Waals surface area contributed by atoms with Crippen LogP contribution in [0, 0.1) is 5.41 Å². The third-order valence-electron chi connectivity index (χ3n) is 4.25. The van der Waals surface area contributed by atoms with E-state index in [2.05, 4.69) is 37.4 Å². The fourth-order valence-electron chi connectivity index (χ4n) is 3.23. The molecular formula is C16H23NO. The molecule has 0 spiro atoms. The Morgan fingerprint density at radius 2 is 2.22 bits per heavy atom. The number of hydrogen-bond acceptors (Lipinski definition) is 2. The molecule has 0 radical (unpaired) electrons. The topological polar surface area (TPSA) is 21.3 Å². The molecule has 1 saturated carbocycles. The van der Waals surface area contributed by atoms with Crippen LogP contribution in [0.3, 0.4) is 0 Å². The number of para-hydroxylation sites is 1. The van der Waals surface area contributed by atoms with E-state index in [-0.39, 0.29) is 0 Å². The Hall–Kier alpha value is -1.18. The fourth-order valence-corrected chi connectivity index (χ4v) is 3.23. The van der Waals surface area contributed by atoms with Crippen LogP contribution in [0.4, 0.5) is 5.69 Å². The summed E-state index contributed by atoms with van der Waals surface area (Å²) in [7, 11) is 0. The van der Waals surface area contributed by atoms with Gasteiger partial charge in [-0.25, -0.2) is 0 Å². The van der Waals surface area contributed by atoms with Gasteiger partial charge in [0.2, 0.25) is 0 Å². The molecule has 1 aliphatic heterocycles. The van der Waals surface area contributed by atoms with Crippen LogP contribution in [0.25, 0.3) is 0 Å². The smallest absolute Gasteiger partial charge is 0.143 e. The van der Waals surface area contributed by atoms with Crippen molar-refractivity contribution in [2.75, 3.05) is 11.9 Å². The molecule has 98 valence electrons. The summed E-state index contributed by atoms with van der Waals surface area (Å²) in [5.41, 5.74) is 3.11. The van der Waals surface area contributed by atoms with Gasteiger partial charge >= 0.3 is 0 Å². The lowest BCUT2D eigenvalue weighted by atomic mass is 9.92. The minimum Gasteiger partial charge on any atom is -0.488 e. The summed E-state index contributed by atoms with van der Waals surface area (Å²) in [6.07, 6.45) is 6.45. The van der Waals surface area contributed by atoms with Gasteiger partial charge in [-0.05, 0) is 49.1 Å². The van der Waals surface area contributed by atoms with Crippen molar-refractivity contribution in [3.8, 4) is 5.75 Å². The maximum absolute atomic E-state index is 6.25. The lowest BCUT2D eigenvalue weighted by molar-refractivity contribution is 0.194. The Balaban J connectivity index is 1.77.